The Morgan fingerprint density at radius 3 is 2.57 bits per heavy atom. The van der Waals surface area contributed by atoms with Crippen LogP contribution >= 0.6 is 0 Å². The highest BCUT2D eigenvalue weighted by molar-refractivity contribution is 5.75. The van der Waals surface area contributed by atoms with E-state index < -0.39 is 0 Å². The van der Waals surface area contributed by atoms with Crippen molar-refractivity contribution < 1.29 is 9.90 Å². The molecule has 84 valence electrons. The maximum Gasteiger partial charge on any atom is 0.221 e. The van der Waals surface area contributed by atoms with Gasteiger partial charge in [0.1, 0.15) is 0 Å². The second kappa shape index (κ2) is 6.79. The highest BCUT2D eigenvalue weighted by Crippen LogP contribution is 2.13. The molecule has 3 N–H and O–H groups in total. The summed E-state index contributed by atoms with van der Waals surface area (Å²) in [4.78, 5) is 10.9. The third-order valence-electron chi connectivity index (χ3n) is 2.63. The summed E-state index contributed by atoms with van der Waals surface area (Å²) in [6, 6.07) is 0. The summed E-state index contributed by atoms with van der Waals surface area (Å²) in [5, 5.41) is 14.7. The van der Waals surface area contributed by atoms with E-state index >= 15 is 0 Å². The molecule has 0 aliphatic carbocycles. The van der Waals surface area contributed by atoms with Crippen molar-refractivity contribution in [2.75, 3.05) is 20.2 Å². The number of hydrogen-bond donors (Lipinski definition) is 3. The number of carbonyl (C=O) groups is 1. The fourth-order valence-electron chi connectivity index (χ4n) is 1.24. The fraction of sp³-hybridized carbons (Fsp3) is 0.900. The zero-order valence-corrected chi connectivity index (χ0v) is 9.39. The zero-order valence-electron chi connectivity index (χ0n) is 9.39. The van der Waals surface area contributed by atoms with Gasteiger partial charge in [0, 0.05) is 32.2 Å². The predicted octanol–water partition coefficient (Wildman–Crippen LogP) is 0.263. The Kier molecular flexibility index (Phi) is 6.49. The lowest BCUT2D eigenvalue weighted by atomic mass is 9.95. The molecule has 0 aliphatic rings. The predicted molar refractivity (Wildman–Crippen MR) is 57.1 cm³/mol. The minimum atomic E-state index is -0.0528. The molecule has 0 spiro atoms. The van der Waals surface area contributed by atoms with Gasteiger partial charge in [0.15, 0.2) is 0 Å². The van der Waals surface area contributed by atoms with E-state index in [1.165, 1.54) is 0 Å². The molecule has 14 heavy (non-hydrogen) atoms. The van der Waals surface area contributed by atoms with E-state index in [1.54, 1.807) is 7.05 Å². The first-order chi connectivity index (χ1) is 6.58. The lowest BCUT2D eigenvalue weighted by Gasteiger charge is -2.29. The quantitative estimate of drug-likeness (QED) is 0.555. The average Bonchev–Trinajstić information content (AvgIpc) is 2.18. The largest absolute Gasteiger partial charge is 0.396 e. The van der Waals surface area contributed by atoms with Gasteiger partial charge in [0.2, 0.25) is 5.91 Å². The van der Waals surface area contributed by atoms with Crippen molar-refractivity contribution in [3.8, 4) is 0 Å². The van der Waals surface area contributed by atoms with Gasteiger partial charge >= 0.3 is 0 Å². The molecule has 4 heteroatoms. The first-order valence-corrected chi connectivity index (χ1v) is 5.14. The average molecular weight is 202 g/mol. The van der Waals surface area contributed by atoms with Crippen molar-refractivity contribution in [2.45, 2.75) is 38.6 Å². The van der Waals surface area contributed by atoms with Crippen molar-refractivity contribution in [3.05, 3.63) is 0 Å². The van der Waals surface area contributed by atoms with Gasteiger partial charge in [-0.15, -0.1) is 0 Å². The Morgan fingerprint density at radius 2 is 2.14 bits per heavy atom. The van der Waals surface area contributed by atoms with Crippen molar-refractivity contribution in [2.24, 2.45) is 0 Å². The summed E-state index contributed by atoms with van der Waals surface area (Å²) >= 11 is 0. The molecule has 1 amide bonds. The van der Waals surface area contributed by atoms with Gasteiger partial charge in [-0.2, -0.15) is 0 Å². The molecule has 1 atom stereocenters. The Hall–Kier alpha value is -0.610. The lowest BCUT2D eigenvalue weighted by molar-refractivity contribution is -0.120. The smallest absolute Gasteiger partial charge is 0.221 e. The Labute approximate surface area is 86.1 Å². The maximum atomic E-state index is 10.9. The molecule has 0 radical (unpaired) electrons. The van der Waals surface area contributed by atoms with Crippen LogP contribution in [-0.4, -0.2) is 36.8 Å². The molecular formula is C10H22N2O2. The monoisotopic (exact) mass is 202 g/mol. The SMILES string of the molecule is CCC(C)(CCO)NCCC(=O)NC. The van der Waals surface area contributed by atoms with Crippen molar-refractivity contribution >= 4 is 5.91 Å². The summed E-state index contributed by atoms with van der Waals surface area (Å²) < 4.78 is 0. The number of aliphatic hydroxyl groups excluding tert-OH is 1. The van der Waals surface area contributed by atoms with E-state index in [0.29, 0.717) is 13.0 Å². The fourth-order valence-corrected chi connectivity index (χ4v) is 1.24. The van der Waals surface area contributed by atoms with E-state index in [2.05, 4.69) is 24.5 Å². The zero-order chi connectivity index (χ0) is 11.0. The van der Waals surface area contributed by atoms with E-state index in [4.69, 9.17) is 5.11 Å². The third-order valence-corrected chi connectivity index (χ3v) is 2.63. The van der Waals surface area contributed by atoms with E-state index in [-0.39, 0.29) is 18.1 Å². The molecule has 0 bridgehead atoms. The normalized spacial score (nSPS) is 14.9. The molecule has 0 rings (SSSR count). The molecule has 0 aromatic heterocycles. The summed E-state index contributed by atoms with van der Waals surface area (Å²) in [7, 11) is 1.63. The van der Waals surface area contributed by atoms with Crippen LogP contribution in [0.25, 0.3) is 0 Å². The Balaban J connectivity index is 3.77. The van der Waals surface area contributed by atoms with Crippen LogP contribution in [0.15, 0.2) is 0 Å². The molecule has 0 saturated carbocycles. The van der Waals surface area contributed by atoms with Gasteiger partial charge < -0.3 is 15.7 Å². The third kappa shape index (κ3) is 5.19. The number of nitrogens with one attached hydrogen (secondary N) is 2. The summed E-state index contributed by atoms with van der Waals surface area (Å²) in [5.74, 6) is 0.0416. The summed E-state index contributed by atoms with van der Waals surface area (Å²) in [5.41, 5.74) is -0.0528. The van der Waals surface area contributed by atoms with Crippen LogP contribution in [0.1, 0.15) is 33.1 Å². The minimum Gasteiger partial charge on any atom is -0.396 e. The second-order valence-electron chi connectivity index (χ2n) is 3.74. The maximum absolute atomic E-state index is 10.9. The van der Waals surface area contributed by atoms with Gasteiger partial charge in [0.25, 0.3) is 0 Å². The number of amides is 1. The van der Waals surface area contributed by atoms with Crippen LogP contribution in [0, 0.1) is 0 Å². The lowest BCUT2D eigenvalue weighted by Crippen LogP contribution is -2.44. The first kappa shape index (κ1) is 13.4. The van der Waals surface area contributed by atoms with Crippen LogP contribution in [0.4, 0.5) is 0 Å². The molecule has 0 aromatic rings. The summed E-state index contributed by atoms with van der Waals surface area (Å²) in [6.07, 6.45) is 2.15. The molecular weight excluding hydrogens is 180 g/mol. The Bertz CT molecular complexity index is 174. The minimum absolute atomic E-state index is 0.0416. The van der Waals surface area contributed by atoms with Crippen LogP contribution < -0.4 is 10.6 Å². The summed E-state index contributed by atoms with van der Waals surface area (Å²) in [6.45, 7) is 4.97. The van der Waals surface area contributed by atoms with E-state index in [0.717, 1.165) is 12.8 Å². The van der Waals surface area contributed by atoms with Crippen LogP contribution in [0.2, 0.25) is 0 Å². The van der Waals surface area contributed by atoms with Gasteiger partial charge in [-0.25, -0.2) is 0 Å². The van der Waals surface area contributed by atoms with Gasteiger partial charge in [-0.3, -0.25) is 4.79 Å². The van der Waals surface area contributed by atoms with Gasteiger partial charge in [-0.1, -0.05) is 6.92 Å². The van der Waals surface area contributed by atoms with E-state index in [9.17, 15) is 4.79 Å². The van der Waals surface area contributed by atoms with Crippen LogP contribution in [0.3, 0.4) is 0 Å². The molecule has 0 aromatic carbocycles. The number of aliphatic hydroxyl groups is 1. The molecule has 0 fully saturated rings. The van der Waals surface area contributed by atoms with Crippen molar-refractivity contribution in [1.82, 2.24) is 10.6 Å². The second-order valence-corrected chi connectivity index (χ2v) is 3.74. The van der Waals surface area contributed by atoms with Crippen molar-refractivity contribution in [3.63, 3.8) is 0 Å². The molecule has 0 aliphatic heterocycles. The molecule has 0 heterocycles. The Morgan fingerprint density at radius 1 is 1.50 bits per heavy atom. The highest BCUT2D eigenvalue weighted by Gasteiger charge is 2.20. The first-order valence-electron chi connectivity index (χ1n) is 5.14. The number of rotatable bonds is 7. The standard InChI is InChI=1S/C10H22N2O2/c1-4-10(2,6-8-13)12-7-5-9(14)11-3/h12-13H,4-8H2,1-3H3,(H,11,14). The number of hydrogen-bond acceptors (Lipinski definition) is 3. The topological polar surface area (TPSA) is 61.4 Å². The van der Waals surface area contributed by atoms with Crippen molar-refractivity contribution in [1.29, 1.82) is 0 Å². The van der Waals surface area contributed by atoms with Crippen LogP contribution in [0.5, 0.6) is 0 Å². The van der Waals surface area contributed by atoms with Gasteiger partial charge in [0.05, 0.1) is 0 Å². The molecule has 4 nitrogen and oxygen atoms in total. The van der Waals surface area contributed by atoms with E-state index in [1.807, 2.05) is 0 Å². The molecule has 0 saturated heterocycles. The van der Waals surface area contributed by atoms with Crippen LogP contribution in [-0.2, 0) is 4.79 Å². The van der Waals surface area contributed by atoms with Gasteiger partial charge in [-0.05, 0) is 19.8 Å². The molecule has 1 unspecified atom stereocenters. The number of carbonyl (C=O) groups excluding carboxylic acids is 1. The highest BCUT2D eigenvalue weighted by atomic mass is 16.3.